The van der Waals surface area contributed by atoms with Gasteiger partial charge in [-0.1, -0.05) is 182 Å². The van der Waals surface area contributed by atoms with Crippen LogP contribution in [0.1, 0.15) is 0 Å². The fourth-order valence-corrected chi connectivity index (χ4v) is 13.1. The molecule has 0 saturated heterocycles. The molecule has 0 unspecified atom stereocenters. The molecule has 0 spiro atoms. The molecule has 0 atom stereocenters. The Morgan fingerprint density at radius 3 is 1.38 bits per heavy atom. The summed E-state index contributed by atoms with van der Waals surface area (Å²) in [5, 5.41) is 13.0. The standard InChI is InChI=1S/C47H32N2Si/c1-5-17-36(18-6-1)49-46-42-26-14-16-34-28-27-33-15-13-25-41(43(33)44(34)42)45(46)48-47(49)35-29-31-40(32-30-35)50(37-19-7-2-8-20-37,38-21-9-3-10-22-38)39-23-11-4-12-24-39/h1-32H. The Hall–Kier alpha value is -6.29. The fourth-order valence-electron chi connectivity index (χ4n) is 8.36. The smallest absolute Gasteiger partial charge is 0.179 e. The van der Waals surface area contributed by atoms with Gasteiger partial charge in [0.15, 0.2) is 8.07 Å². The van der Waals surface area contributed by atoms with E-state index in [0.717, 1.165) is 28.1 Å². The van der Waals surface area contributed by atoms with Gasteiger partial charge < -0.3 is 0 Å². The number of hydrogen-bond acceptors (Lipinski definition) is 1. The van der Waals surface area contributed by atoms with Crippen molar-refractivity contribution >= 4 is 72.2 Å². The van der Waals surface area contributed by atoms with Gasteiger partial charge in [-0.15, -0.1) is 0 Å². The van der Waals surface area contributed by atoms with E-state index < -0.39 is 8.07 Å². The molecule has 3 heteroatoms. The van der Waals surface area contributed by atoms with Crippen molar-refractivity contribution in [2.45, 2.75) is 0 Å². The number of imidazole rings is 1. The SMILES string of the molecule is c1ccc(-n2c(-c3ccc([Si](c4ccccc4)(c4ccccc4)c4ccccc4)cc3)nc3c4cccc5ccc6cccc(c6c54)c32)cc1. The molecule has 0 fully saturated rings. The second kappa shape index (κ2) is 11.4. The molecule has 10 rings (SSSR count). The monoisotopic (exact) mass is 652 g/mol. The second-order valence-corrected chi connectivity index (χ2v) is 16.9. The van der Waals surface area contributed by atoms with Crippen LogP contribution in [0.4, 0.5) is 0 Å². The average molecular weight is 653 g/mol. The molecule has 1 aromatic heterocycles. The predicted octanol–water partition coefficient (Wildman–Crippen LogP) is 8.97. The summed E-state index contributed by atoms with van der Waals surface area (Å²) >= 11 is 0. The summed E-state index contributed by atoms with van der Waals surface area (Å²) in [6.45, 7) is 0. The van der Waals surface area contributed by atoms with E-state index in [4.69, 9.17) is 4.98 Å². The summed E-state index contributed by atoms with van der Waals surface area (Å²) < 4.78 is 2.38. The minimum atomic E-state index is -2.65. The Bertz CT molecular complexity index is 2680. The van der Waals surface area contributed by atoms with Crippen LogP contribution in [-0.2, 0) is 0 Å². The summed E-state index contributed by atoms with van der Waals surface area (Å²) in [7, 11) is -2.65. The lowest BCUT2D eigenvalue weighted by molar-refractivity contribution is 1.11. The lowest BCUT2D eigenvalue weighted by Crippen LogP contribution is -2.74. The zero-order valence-corrected chi connectivity index (χ0v) is 28.4. The maximum Gasteiger partial charge on any atom is 0.179 e. The summed E-state index contributed by atoms with van der Waals surface area (Å²) in [6.07, 6.45) is 0. The normalized spacial score (nSPS) is 12.0. The Kier molecular flexibility index (Phi) is 6.55. The van der Waals surface area contributed by atoms with Crippen molar-refractivity contribution in [1.29, 1.82) is 0 Å². The van der Waals surface area contributed by atoms with Crippen LogP contribution < -0.4 is 20.7 Å². The Morgan fingerprint density at radius 1 is 0.380 bits per heavy atom. The minimum Gasteiger partial charge on any atom is -0.292 e. The highest BCUT2D eigenvalue weighted by atomic mass is 28.3. The number of nitrogens with zero attached hydrogens (tertiary/aromatic N) is 2. The van der Waals surface area contributed by atoms with E-state index in [2.05, 4.69) is 199 Å². The van der Waals surface area contributed by atoms with Crippen LogP contribution in [0.15, 0.2) is 194 Å². The van der Waals surface area contributed by atoms with Gasteiger partial charge in [0.2, 0.25) is 0 Å². The van der Waals surface area contributed by atoms with Crippen molar-refractivity contribution < 1.29 is 0 Å². The third-order valence-corrected chi connectivity index (χ3v) is 15.3. The van der Waals surface area contributed by atoms with Crippen LogP contribution in [0.3, 0.4) is 0 Å². The van der Waals surface area contributed by atoms with Gasteiger partial charge in [0.25, 0.3) is 0 Å². The minimum absolute atomic E-state index is 0.945. The van der Waals surface area contributed by atoms with Gasteiger partial charge >= 0.3 is 0 Å². The highest BCUT2D eigenvalue weighted by molar-refractivity contribution is 7.19. The fraction of sp³-hybridized carbons (Fsp3) is 0. The Labute approximate surface area is 291 Å². The first-order valence-corrected chi connectivity index (χ1v) is 19.2. The number of rotatable bonds is 6. The molecule has 2 nitrogen and oxygen atoms in total. The molecule has 234 valence electrons. The first-order valence-electron chi connectivity index (χ1n) is 17.2. The van der Waals surface area contributed by atoms with Crippen molar-refractivity contribution in [3.63, 3.8) is 0 Å². The van der Waals surface area contributed by atoms with Gasteiger partial charge in [0.1, 0.15) is 5.82 Å². The quantitative estimate of drug-likeness (QED) is 0.0997. The topological polar surface area (TPSA) is 17.8 Å². The van der Waals surface area contributed by atoms with Gasteiger partial charge in [-0.25, -0.2) is 4.98 Å². The molecule has 0 bridgehead atoms. The van der Waals surface area contributed by atoms with Crippen molar-refractivity contribution in [3.8, 4) is 17.1 Å². The molecule has 9 aromatic carbocycles. The Morgan fingerprint density at radius 2 is 0.840 bits per heavy atom. The molecule has 0 aliphatic heterocycles. The van der Waals surface area contributed by atoms with Gasteiger partial charge in [-0.2, -0.15) is 0 Å². The summed E-state index contributed by atoms with van der Waals surface area (Å²) in [4.78, 5) is 5.55. The highest BCUT2D eigenvalue weighted by Crippen LogP contribution is 2.42. The van der Waals surface area contributed by atoms with Crippen LogP contribution in [0, 0.1) is 0 Å². The Balaban J connectivity index is 1.27. The van der Waals surface area contributed by atoms with Crippen molar-refractivity contribution in [2.24, 2.45) is 0 Å². The van der Waals surface area contributed by atoms with Crippen LogP contribution in [-0.4, -0.2) is 17.6 Å². The predicted molar refractivity (Wildman–Crippen MR) is 214 cm³/mol. The molecule has 0 radical (unpaired) electrons. The van der Waals surface area contributed by atoms with E-state index in [9.17, 15) is 0 Å². The van der Waals surface area contributed by atoms with Crippen molar-refractivity contribution in [1.82, 2.24) is 9.55 Å². The molecule has 0 saturated carbocycles. The van der Waals surface area contributed by atoms with Gasteiger partial charge in [0, 0.05) is 22.0 Å². The largest absolute Gasteiger partial charge is 0.292 e. The van der Waals surface area contributed by atoms with E-state index in [1.807, 2.05) is 0 Å². The van der Waals surface area contributed by atoms with Gasteiger partial charge in [0.05, 0.1) is 11.0 Å². The molecule has 0 aliphatic carbocycles. The first kappa shape index (κ1) is 28.7. The van der Waals surface area contributed by atoms with Crippen LogP contribution in [0.2, 0.25) is 0 Å². The van der Waals surface area contributed by atoms with Gasteiger partial charge in [-0.3, -0.25) is 4.57 Å². The number of aromatic nitrogens is 2. The van der Waals surface area contributed by atoms with E-state index >= 15 is 0 Å². The number of benzene rings is 9. The zero-order valence-electron chi connectivity index (χ0n) is 27.4. The average Bonchev–Trinajstić information content (AvgIpc) is 3.61. The van der Waals surface area contributed by atoms with Crippen LogP contribution in [0.5, 0.6) is 0 Å². The molecule has 10 aromatic rings. The first-order chi connectivity index (χ1) is 24.8. The molecule has 0 N–H and O–H groups in total. The van der Waals surface area contributed by atoms with E-state index in [-0.39, 0.29) is 0 Å². The number of hydrogen-bond donors (Lipinski definition) is 0. The molecular weight excluding hydrogens is 621 g/mol. The third kappa shape index (κ3) is 4.17. The zero-order chi connectivity index (χ0) is 33.1. The summed E-state index contributed by atoms with van der Waals surface area (Å²) in [5.41, 5.74) is 4.37. The summed E-state index contributed by atoms with van der Waals surface area (Å²) in [6, 6.07) is 71.1. The van der Waals surface area contributed by atoms with Crippen molar-refractivity contribution in [3.05, 3.63) is 194 Å². The van der Waals surface area contributed by atoms with E-state index in [0.29, 0.717) is 0 Å². The molecule has 1 heterocycles. The highest BCUT2D eigenvalue weighted by Gasteiger charge is 2.41. The number of para-hydroxylation sites is 1. The molecule has 0 amide bonds. The lowest BCUT2D eigenvalue weighted by atomic mass is 9.93. The van der Waals surface area contributed by atoms with E-state index in [1.54, 1.807) is 0 Å². The maximum atomic E-state index is 5.55. The van der Waals surface area contributed by atoms with E-state index in [1.165, 1.54) is 53.1 Å². The van der Waals surface area contributed by atoms with Crippen LogP contribution >= 0.6 is 0 Å². The molecule has 50 heavy (non-hydrogen) atoms. The summed E-state index contributed by atoms with van der Waals surface area (Å²) in [5.74, 6) is 0.945. The second-order valence-electron chi connectivity index (χ2n) is 13.1. The third-order valence-electron chi connectivity index (χ3n) is 10.5. The maximum absolute atomic E-state index is 5.55. The lowest BCUT2D eigenvalue weighted by Gasteiger charge is -2.34. The van der Waals surface area contributed by atoms with Crippen LogP contribution in [0.25, 0.3) is 60.4 Å². The van der Waals surface area contributed by atoms with Crippen molar-refractivity contribution in [2.75, 3.05) is 0 Å². The molecular formula is C47H32N2Si. The van der Waals surface area contributed by atoms with Gasteiger partial charge in [-0.05, 0) is 54.4 Å². The molecule has 0 aliphatic rings. The number of fused-ring (bicyclic) bond motifs is 3.